The van der Waals surface area contributed by atoms with Crippen molar-refractivity contribution in [2.24, 2.45) is 0 Å². The first-order chi connectivity index (χ1) is 16.3. The summed E-state index contributed by atoms with van der Waals surface area (Å²) in [7, 11) is 3.23. The standard InChI is InChI=1S/C22H20F3N5O4/c1-29-8-22(9-29)10-30(21(31)34-22)15-6-12-14(7-17(15)33-20(24)25)26-11-27-19(12)28-13-4-3-5-16(32-2)18(13)23/h3-7,11,20H,8-10H2,1-2H3,(H,26,27,28). The van der Waals surface area contributed by atoms with Crippen molar-refractivity contribution < 1.29 is 32.2 Å². The Morgan fingerprint density at radius 2 is 1.97 bits per heavy atom. The lowest BCUT2D eigenvalue weighted by Crippen LogP contribution is -2.62. The molecule has 2 saturated heterocycles. The number of alkyl halides is 2. The smallest absolute Gasteiger partial charge is 0.415 e. The van der Waals surface area contributed by atoms with Crippen molar-refractivity contribution in [3.05, 3.63) is 42.5 Å². The third-order valence-electron chi connectivity index (χ3n) is 5.75. The molecule has 3 heterocycles. The Hall–Kier alpha value is -3.80. The van der Waals surface area contributed by atoms with E-state index < -0.39 is 24.1 Å². The van der Waals surface area contributed by atoms with Gasteiger partial charge >= 0.3 is 12.7 Å². The van der Waals surface area contributed by atoms with Crippen LogP contribution in [0, 0.1) is 5.82 Å². The molecular weight excluding hydrogens is 455 g/mol. The van der Waals surface area contributed by atoms with Gasteiger partial charge in [-0.25, -0.2) is 19.2 Å². The molecule has 2 fully saturated rings. The summed E-state index contributed by atoms with van der Waals surface area (Å²) in [5, 5.41) is 3.25. The maximum Gasteiger partial charge on any atom is 0.415 e. The Kier molecular flexibility index (Phi) is 5.31. The molecule has 178 valence electrons. The molecule has 0 saturated carbocycles. The molecule has 1 N–H and O–H groups in total. The second-order valence-corrected chi connectivity index (χ2v) is 8.19. The minimum absolute atomic E-state index is 0.0345. The lowest BCUT2D eigenvalue weighted by Gasteiger charge is -2.43. The summed E-state index contributed by atoms with van der Waals surface area (Å²) in [5.41, 5.74) is -0.286. The van der Waals surface area contributed by atoms with E-state index in [9.17, 15) is 18.0 Å². The molecular formula is C22H20F3N5O4. The molecule has 2 aromatic carbocycles. The first-order valence-corrected chi connectivity index (χ1v) is 10.3. The molecule has 5 rings (SSSR count). The fourth-order valence-corrected chi connectivity index (χ4v) is 4.38. The van der Waals surface area contributed by atoms with Crippen LogP contribution in [0.3, 0.4) is 0 Å². The highest BCUT2D eigenvalue weighted by molar-refractivity contribution is 6.00. The molecule has 1 aromatic heterocycles. The molecule has 2 aliphatic heterocycles. The van der Waals surface area contributed by atoms with Crippen LogP contribution in [-0.4, -0.2) is 67.0 Å². The molecule has 3 aromatic rings. The van der Waals surface area contributed by atoms with Gasteiger partial charge in [0.25, 0.3) is 0 Å². The van der Waals surface area contributed by atoms with E-state index >= 15 is 0 Å². The molecule has 0 aliphatic carbocycles. The number of amides is 1. The summed E-state index contributed by atoms with van der Waals surface area (Å²) in [4.78, 5) is 24.2. The number of nitrogens with one attached hydrogen (secondary N) is 1. The quantitative estimate of drug-likeness (QED) is 0.577. The van der Waals surface area contributed by atoms with E-state index in [0.717, 1.165) is 0 Å². The van der Waals surface area contributed by atoms with Crippen LogP contribution in [-0.2, 0) is 4.74 Å². The molecule has 0 atom stereocenters. The highest BCUT2D eigenvalue weighted by atomic mass is 19.3. The SMILES string of the molecule is COc1cccc(Nc2ncnc3cc(OC(F)F)c(N4CC5(CN(C)C5)OC4=O)cc23)c1F. The average molecular weight is 475 g/mol. The van der Waals surface area contributed by atoms with Crippen molar-refractivity contribution in [3.8, 4) is 11.5 Å². The molecule has 0 unspecified atom stereocenters. The van der Waals surface area contributed by atoms with Crippen molar-refractivity contribution in [2.75, 3.05) is 44.0 Å². The molecule has 2 aliphatic rings. The molecule has 0 radical (unpaired) electrons. The Bertz CT molecular complexity index is 1270. The predicted octanol–water partition coefficient (Wildman–Crippen LogP) is 3.76. The second-order valence-electron chi connectivity index (χ2n) is 8.19. The van der Waals surface area contributed by atoms with E-state index in [1.165, 1.54) is 42.6 Å². The van der Waals surface area contributed by atoms with Gasteiger partial charge in [-0.2, -0.15) is 8.78 Å². The number of halogens is 3. The molecule has 1 amide bonds. The first kappa shape index (κ1) is 22.0. The second kappa shape index (κ2) is 8.20. The number of fused-ring (bicyclic) bond motifs is 1. The van der Waals surface area contributed by atoms with Gasteiger partial charge in [0.1, 0.15) is 12.1 Å². The van der Waals surface area contributed by atoms with Gasteiger partial charge in [-0.3, -0.25) is 9.80 Å². The van der Waals surface area contributed by atoms with E-state index in [0.29, 0.717) is 18.5 Å². The molecule has 34 heavy (non-hydrogen) atoms. The van der Waals surface area contributed by atoms with E-state index in [-0.39, 0.29) is 40.8 Å². The Labute approximate surface area is 192 Å². The zero-order chi connectivity index (χ0) is 24.0. The summed E-state index contributed by atoms with van der Waals surface area (Å²) in [6.07, 6.45) is 0.537. The number of aromatic nitrogens is 2. The summed E-state index contributed by atoms with van der Waals surface area (Å²) >= 11 is 0. The predicted molar refractivity (Wildman–Crippen MR) is 116 cm³/mol. The minimum Gasteiger partial charge on any atom is -0.494 e. The van der Waals surface area contributed by atoms with Crippen LogP contribution in [0.15, 0.2) is 36.7 Å². The van der Waals surface area contributed by atoms with Crippen molar-refractivity contribution in [3.63, 3.8) is 0 Å². The van der Waals surface area contributed by atoms with Crippen LogP contribution in [0.4, 0.5) is 35.2 Å². The zero-order valence-electron chi connectivity index (χ0n) is 18.2. The van der Waals surface area contributed by atoms with Gasteiger partial charge in [0, 0.05) is 24.5 Å². The van der Waals surface area contributed by atoms with Crippen LogP contribution in [0.5, 0.6) is 11.5 Å². The van der Waals surface area contributed by atoms with Gasteiger partial charge in [0.15, 0.2) is 22.9 Å². The molecule has 12 heteroatoms. The summed E-state index contributed by atoms with van der Waals surface area (Å²) in [6, 6.07) is 7.31. The van der Waals surface area contributed by atoms with Gasteiger partial charge < -0.3 is 19.5 Å². The summed E-state index contributed by atoms with van der Waals surface area (Å²) < 4.78 is 56.3. The normalized spacial score (nSPS) is 17.2. The maximum atomic E-state index is 14.7. The molecule has 0 bridgehead atoms. The number of ether oxygens (including phenoxy) is 3. The lowest BCUT2D eigenvalue weighted by atomic mass is 9.95. The molecule has 1 spiro atoms. The Balaban J connectivity index is 1.58. The number of carbonyl (C=O) groups excluding carboxylic acids is 1. The number of methoxy groups -OCH3 is 1. The van der Waals surface area contributed by atoms with Gasteiger partial charge in [-0.1, -0.05) is 6.07 Å². The number of rotatable bonds is 6. The van der Waals surface area contributed by atoms with Gasteiger partial charge in [0.2, 0.25) is 0 Å². The maximum absolute atomic E-state index is 14.7. The number of carbonyl (C=O) groups is 1. The third-order valence-corrected chi connectivity index (χ3v) is 5.75. The van der Waals surface area contributed by atoms with Crippen LogP contribution in [0.1, 0.15) is 0 Å². The van der Waals surface area contributed by atoms with E-state index in [2.05, 4.69) is 15.3 Å². The Morgan fingerprint density at radius 1 is 1.18 bits per heavy atom. The topological polar surface area (TPSA) is 89.1 Å². The van der Waals surface area contributed by atoms with Crippen molar-refractivity contribution in [1.29, 1.82) is 0 Å². The molecule has 9 nitrogen and oxygen atoms in total. The number of hydrogen-bond donors (Lipinski definition) is 1. The number of benzene rings is 2. The monoisotopic (exact) mass is 475 g/mol. The lowest BCUT2D eigenvalue weighted by molar-refractivity contribution is -0.0599. The highest BCUT2D eigenvalue weighted by Crippen LogP contribution is 2.41. The van der Waals surface area contributed by atoms with Gasteiger partial charge in [-0.15, -0.1) is 0 Å². The number of anilines is 3. The van der Waals surface area contributed by atoms with E-state index in [1.807, 2.05) is 11.9 Å². The third kappa shape index (κ3) is 3.79. The van der Waals surface area contributed by atoms with Gasteiger partial charge in [-0.05, 0) is 25.2 Å². The van der Waals surface area contributed by atoms with E-state index in [1.54, 1.807) is 6.07 Å². The van der Waals surface area contributed by atoms with Crippen molar-refractivity contribution in [1.82, 2.24) is 14.9 Å². The van der Waals surface area contributed by atoms with Crippen molar-refractivity contribution in [2.45, 2.75) is 12.2 Å². The number of likely N-dealkylation sites (N-methyl/N-ethyl adjacent to an activating group) is 1. The zero-order valence-corrected chi connectivity index (χ0v) is 18.2. The number of nitrogens with zero attached hydrogens (tertiary/aromatic N) is 4. The summed E-state index contributed by atoms with van der Waals surface area (Å²) in [5.74, 6) is -0.630. The number of hydrogen-bond acceptors (Lipinski definition) is 8. The van der Waals surface area contributed by atoms with Gasteiger partial charge in [0.05, 0.1) is 30.5 Å². The summed E-state index contributed by atoms with van der Waals surface area (Å²) in [6.45, 7) is -1.90. The first-order valence-electron chi connectivity index (χ1n) is 10.3. The van der Waals surface area contributed by atoms with E-state index in [4.69, 9.17) is 14.2 Å². The fourth-order valence-electron chi connectivity index (χ4n) is 4.38. The van der Waals surface area contributed by atoms with Crippen LogP contribution >= 0.6 is 0 Å². The highest BCUT2D eigenvalue weighted by Gasteiger charge is 2.53. The number of likely N-dealkylation sites (tertiary alicyclic amines) is 1. The van der Waals surface area contributed by atoms with Crippen molar-refractivity contribution >= 4 is 34.2 Å². The van der Waals surface area contributed by atoms with Crippen LogP contribution < -0.4 is 19.7 Å². The fraction of sp³-hybridized carbons (Fsp3) is 0.318. The largest absolute Gasteiger partial charge is 0.494 e. The van der Waals surface area contributed by atoms with Crippen LogP contribution in [0.25, 0.3) is 10.9 Å². The van der Waals surface area contributed by atoms with Crippen LogP contribution in [0.2, 0.25) is 0 Å². The average Bonchev–Trinajstić information content (AvgIpc) is 3.11. The minimum atomic E-state index is -3.12. The Morgan fingerprint density at radius 3 is 2.68 bits per heavy atom.